The van der Waals surface area contributed by atoms with Crippen molar-refractivity contribution in [3.05, 3.63) is 84.4 Å². The van der Waals surface area contributed by atoms with Gasteiger partial charge in [0.25, 0.3) is 0 Å². The molecular formula is C24H21N5O2S. The van der Waals surface area contributed by atoms with Gasteiger partial charge in [-0.25, -0.2) is 0 Å². The molecule has 0 aliphatic rings. The molecule has 2 N–H and O–H groups in total. The normalized spacial score (nSPS) is 11.2. The van der Waals surface area contributed by atoms with Crippen molar-refractivity contribution in [1.82, 2.24) is 19.7 Å². The zero-order valence-electron chi connectivity index (χ0n) is 17.4. The predicted octanol–water partition coefficient (Wildman–Crippen LogP) is 5.11. The second-order valence-corrected chi connectivity index (χ2v) is 8.31. The Morgan fingerprint density at radius 3 is 2.78 bits per heavy atom. The number of H-pyrrole nitrogens is 1. The van der Waals surface area contributed by atoms with E-state index in [0.717, 1.165) is 39.3 Å². The summed E-state index contributed by atoms with van der Waals surface area (Å²) in [7, 11) is 0. The van der Waals surface area contributed by atoms with E-state index in [1.165, 1.54) is 11.8 Å². The number of benzene rings is 2. The molecule has 0 atom stereocenters. The number of carbonyl (C=O) groups excluding carboxylic acids is 1. The average Bonchev–Trinajstić information content (AvgIpc) is 3.54. The van der Waals surface area contributed by atoms with Crippen LogP contribution in [0.3, 0.4) is 0 Å². The van der Waals surface area contributed by atoms with Crippen LogP contribution in [0.1, 0.15) is 11.3 Å². The fourth-order valence-electron chi connectivity index (χ4n) is 3.58. The molecule has 0 bridgehead atoms. The Morgan fingerprint density at radius 2 is 1.94 bits per heavy atom. The van der Waals surface area contributed by atoms with Crippen LogP contribution in [0.25, 0.3) is 22.3 Å². The van der Waals surface area contributed by atoms with Gasteiger partial charge in [0.1, 0.15) is 5.76 Å². The number of furan rings is 1. The third kappa shape index (κ3) is 4.04. The van der Waals surface area contributed by atoms with Crippen LogP contribution in [0.15, 0.2) is 82.7 Å². The molecule has 0 radical (unpaired) electrons. The Morgan fingerprint density at radius 1 is 1.09 bits per heavy atom. The van der Waals surface area contributed by atoms with Gasteiger partial charge in [-0.15, -0.1) is 10.2 Å². The maximum atomic E-state index is 12.6. The minimum atomic E-state index is -0.0921. The van der Waals surface area contributed by atoms with Crippen molar-refractivity contribution in [3.8, 4) is 11.4 Å². The van der Waals surface area contributed by atoms with Gasteiger partial charge in [-0.05, 0) is 36.8 Å². The van der Waals surface area contributed by atoms with Crippen molar-refractivity contribution < 1.29 is 9.21 Å². The molecule has 7 nitrogen and oxygen atoms in total. The molecule has 160 valence electrons. The van der Waals surface area contributed by atoms with Gasteiger partial charge in [-0.2, -0.15) is 0 Å². The number of amides is 1. The molecule has 5 aromatic rings. The quantitative estimate of drug-likeness (QED) is 0.341. The van der Waals surface area contributed by atoms with Gasteiger partial charge < -0.3 is 14.7 Å². The van der Waals surface area contributed by atoms with Gasteiger partial charge in [-0.3, -0.25) is 9.36 Å². The Kier molecular flexibility index (Phi) is 5.51. The van der Waals surface area contributed by atoms with Crippen molar-refractivity contribution in [2.75, 3.05) is 11.1 Å². The second kappa shape index (κ2) is 8.76. The molecular weight excluding hydrogens is 422 g/mol. The van der Waals surface area contributed by atoms with Crippen LogP contribution < -0.4 is 5.32 Å². The van der Waals surface area contributed by atoms with E-state index < -0.39 is 0 Å². The van der Waals surface area contributed by atoms with E-state index in [2.05, 4.69) is 26.6 Å². The number of thioether (sulfide) groups is 1. The molecule has 8 heteroatoms. The largest absolute Gasteiger partial charge is 0.467 e. The maximum Gasteiger partial charge on any atom is 0.234 e. The molecule has 3 heterocycles. The zero-order chi connectivity index (χ0) is 21.9. The van der Waals surface area contributed by atoms with Gasteiger partial charge >= 0.3 is 0 Å². The molecule has 3 aromatic heterocycles. The summed E-state index contributed by atoms with van der Waals surface area (Å²) in [5.41, 5.74) is 3.82. The summed E-state index contributed by atoms with van der Waals surface area (Å²) < 4.78 is 7.55. The van der Waals surface area contributed by atoms with E-state index in [1.54, 1.807) is 6.26 Å². The summed E-state index contributed by atoms with van der Waals surface area (Å²) in [5.74, 6) is 1.64. The third-order valence-corrected chi connectivity index (χ3v) is 6.16. The van der Waals surface area contributed by atoms with Gasteiger partial charge in [0.2, 0.25) is 5.91 Å². The molecule has 32 heavy (non-hydrogen) atoms. The summed E-state index contributed by atoms with van der Waals surface area (Å²) in [6.45, 7) is 2.44. The maximum absolute atomic E-state index is 12.6. The Balaban J connectivity index is 1.42. The predicted molar refractivity (Wildman–Crippen MR) is 126 cm³/mol. The van der Waals surface area contributed by atoms with Gasteiger partial charge in [0, 0.05) is 28.4 Å². The summed E-state index contributed by atoms with van der Waals surface area (Å²) in [6.07, 6.45) is 3.58. The highest BCUT2D eigenvalue weighted by atomic mass is 32.2. The number of hydrogen-bond acceptors (Lipinski definition) is 5. The van der Waals surface area contributed by atoms with E-state index in [0.29, 0.717) is 11.7 Å². The number of para-hydroxylation sites is 2. The number of aromatic amines is 1. The number of hydrogen-bond donors (Lipinski definition) is 2. The summed E-state index contributed by atoms with van der Waals surface area (Å²) >= 11 is 1.35. The topological polar surface area (TPSA) is 88.7 Å². The van der Waals surface area contributed by atoms with Crippen molar-refractivity contribution in [2.45, 2.75) is 18.6 Å². The number of carbonyl (C=O) groups is 1. The summed E-state index contributed by atoms with van der Waals surface area (Å²) in [6, 6.07) is 19.6. The molecule has 0 saturated carbocycles. The fourth-order valence-corrected chi connectivity index (χ4v) is 4.32. The summed E-state index contributed by atoms with van der Waals surface area (Å²) in [5, 5.41) is 13.5. The number of nitrogens with one attached hydrogen (secondary N) is 2. The Bertz CT molecular complexity index is 1370. The molecule has 1 amide bonds. The summed E-state index contributed by atoms with van der Waals surface area (Å²) in [4.78, 5) is 15.9. The van der Waals surface area contributed by atoms with Crippen molar-refractivity contribution in [1.29, 1.82) is 0 Å². The van der Waals surface area contributed by atoms with Crippen molar-refractivity contribution in [3.63, 3.8) is 0 Å². The number of nitrogens with zero attached hydrogens (tertiary/aromatic N) is 3. The van der Waals surface area contributed by atoms with E-state index in [-0.39, 0.29) is 11.7 Å². The number of aromatic nitrogens is 4. The lowest BCUT2D eigenvalue weighted by molar-refractivity contribution is -0.113. The minimum Gasteiger partial charge on any atom is -0.467 e. The first-order valence-electron chi connectivity index (χ1n) is 10.2. The molecule has 0 aliphatic carbocycles. The Hall–Kier alpha value is -3.78. The lowest BCUT2D eigenvalue weighted by Crippen LogP contribution is -2.15. The molecule has 0 saturated heterocycles. The highest BCUT2D eigenvalue weighted by molar-refractivity contribution is 7.99. The second-order valence-electron chi connectivity index (χ2n) is 7.37. The minimum absolute atomic E-state index is 0.0921. The fraction of sp³-hybridized carbons (Fsp3) is 0.125. The van der Waals surface area contributed by atoms with Crippen LogP contribution in [0.5, 0.6) is 0 Å². The third-order valence-electron chi connectivity index (χ3n) is 5.19. The van der Waals surface area contributed by atoms with Gasteiger partial charge in [-0.1, -0.05) is 48.2 Å². The monoisotopic (exact) mass is 443 g/mol. The first-order chi connectivity index (χ1) is 15.7. The lowest BCUT2D eigenvalue weighted by Gasteiger charge is -2.10. The number of aryl methyl sites for hydroxylation is 1. The highest BCUT2D eigenvalue weighted by Crippen LogP contribution is 2.30. The number of fused-ring (bicyclic) bond motifs is 1. The first kappa shape index (κ1) is 20.1. The number of anilines is 1. The van der Waals surface area contributed by atoms with Crippen LogP contribution >= 0.6 is 11.8 Å². The van der Waals surface area contributed by atoms with Crippen LogP contribution in [-0.4, -0.2) is 31.4 Å². The average molecular weight is 444 g/mol. The lowest BCUT2D eigenvalue weighted by atomic mass is 10.1. The van der Waals surface area contributed by atoms with Crippen LogP contribution in [0, 0.1) is 6.92 Å². The van der Waals surface area contributed by atoms with E-state index >= 15 is 0 Å². The van der Waals surface area contributed by atoms with Gasteiger partial charge in [0.05, 0.1) is 18.6 Å². The Labute approximate surface area is 188 Å². The van der Waals surface area contributed by atoms with Crippen molar-refractivity contribution >= 4 is 34.3 Å². The smallest absolute Gasteiger partial charge is 0.234 e. The van der Waals surface area contributed by atoms with Crippen LogP contribution in [0.4, 0.5) is 5.69 Å². The highest BCUT2D eigenvalue weighted by Gasteiger charge is 2.19. The first-order valence-corrected chi connectivity index (χ1v) is 11.2. The van der Waals surface area contributed by atoms with Gasteiger partial charge in [0.15, 0.2) is 11.0 Å². The number of rotatable bonds is 7. The molecule has 0 spiro atoms. The molecule has 0 aliphatic heterocycles. The zero-order valence-corrected chi connectivity index (χ0v) is 18.2. The van der Waals surface area contributed by atoms with E-state index in [4.69, 9.17) is 4.42 Å². The van der Waals surface area contributed by atoms with Crippen molar-refractivity contribution in [2.24, 2.45) is 0 Å². The molecule has 0 fully saturated rings. The molecule has 2 aromatic carbocycles. The SMILES string of the molecule is Cc1ccccc1NC(=O)CSc1nnc(-c2c[nH]c3ccccc23)n1Cc1ccco1. The molecule has 0 unspecified atom stereocenters. The van der Waals surface area contributed by atoms with Crippen LogP contribution in [0.2, 0.25) is 0 Å². The van der Waals surface area contributed by atoms with E-state index in [1.807, 2.05) is 72.3 Å². The molecule has 5 rings (SSSR count). The van der Waals surface area contributed by atoms with E-state index in [9.17, 15) is 4.79 Å². The standard InChI is InChI=1S/C24H21N5O2S/c1-16-7-2-4-10-20(16)26-22(30)15-32-24-28-27-23(29(24)14-17-8-6-12-31-17)19-13-25-21-11-5-3-9-18(19)21/h2-13,25H,14-15H2,1H3,(H,26,30). The van der Waals surface area contributed by atoms with Crippen LogP contribution in [-0.2, 0) is 11.3 Å².